The van der Waals surface area contributed by atoms with E-state index in [-0.39, 0.29) is 12.2 Å². The number of fused-ring (bicyclic) bond motifs is 1. The summed E-state index contributed by atoms with van der Waals surface area (Å²) in [6.07, 6.45) is 1.74. The topological polar surface area (TPSA) is 86.3 Å². The summed E-state index contributed by atoms with van der Waals surface area (Å²) >= 11 is 4.89. The Morgan fingerprint density at radius 3 is 2.53 bits per heavy atom. The Bertz CT molecular complexity index is 1850. The molecular weight excluding hydrogens is 630 g/mol. The Hall–Kier alpha value is -3.73. The molecule has 4 heterocycles. The second kappa shape index (κ2) is 12.5. The third-order valence-electron chi connectivity index (χ3n) is 7.55. The molecule has 1 saturated heterocycles. The number of benzene rings is 2. The van der Waals surface area contributed by atoms with E-state index < -0.39 is 12.0 Å². The molecule has 2 aromatic heterocycles. The van der Waals surface area contributed by atoms with Crippen LogP contribution in [0.5, 0.6) is 0 Å². The van der Waals surface area contributed by atoms with Gasteiger partial charge >= 0.3 is 5.97 Å². The molecular formula is C33H32BrN3O5S. The van der Waals surface area contributed by atoms with Gasteiger partial charge in [0.1, 0.15) is 5.76 Å². The zero-order valence-electron chi connectivity index (χ0n) is 24.2. The van der Waals surface area contributed by atoms with Crippen molar-refractivity contribution in [2.45, 2.75) is 32.7 Å². The number of hydrogen-bond donors (Lipinski definition) is 0. The predicted octanol–water partition coefficient (Wildman–Crippen LogP) is 5.25. The maximum Gasteiger partial charge on any atom is 0.338 e. The largest absolute Gasteiger partial charge is 0.463 e. The van der Waals surface area contributed by atoms with Crippen LogP contribution in [-0.2, 0) is 14.3 Å². The highest BCUT2D eigenvalue weighted by atomic mass is 79.9. The van der Waals surface area contributed by atoms with Gasteiger partial charge < -0.3 is 18.8 Å². The molecule has 0 amide bonds. The van der Waals surface area contributed by atoms with Crippen molar-refractivity contribution in [1.29, 1.82) is 0 Å². The molecule has 0 unspecified atom stereocenters. The van der Waals surface area contributed by atoms with Gasteiger partial charge in [0, 0.05) is 30.8 Å². The average molecular weight is 663 g/mol. The van der Waals surface area contributed by atoms with Crippen LogP contribution in [-0.4, -0.2) is 43.4 Å². The van der Waals surface area contributed by atoms with Crippen LogP contribution in [0.15, 0.2) is 84.9 Å². The van der Waals surface area contributed by atoms with Crippen molar-refractivity contribution in [3.8, 4) is 0 Å². The maximum absolute atomic E-state index is 14.2. The molecule has 10 heteroatoms. The van der Waals surface area contributed by atoms with Gasteiger partial charge in [-0.05, 0) is 39.9 Å². The Morgan fingerprint density at radius 1 is 1.14 bits per heavy atom. The summed E-state index contributed by atoms with van der Waals surface area (Å²) < 4.78 is 20.1. The summed E-state index contributed by atoms with van der Waals surface area (Å²) in [5.41, 5.74) is 3.33. The van der Waals surface area contributed by atoms with Crippen LogP contribution >= 0.6 is 27.3 Å². The average Bonchev–Trinajstić information content (AvgIpc) is 3.55. The molecule has 6 rings (SSSR count). The molecule has 222 valence electrons. The summed E-state index contributed by atoms with van der Waals surface area (Å²) in [4.78, 5) is 35.4. The third-order valence-corrected chi connectivity index (χ3v) is 9.10. The number of aromatic nitrogens is 1. The lowest BCUT2D eigenvalue weighted by Gasteiger charge is -2.26. The minimum absolute atomic E-state index is 0.201. The molecule has 2 aromatic carbocycles. The number of hydrogen-bond acceptors (Lipinski definition) is 8. The van der Waals surface area contributed by atoms with E-state index in [0.717, 1.165) is 28.7 Å². The van der Waals surface area contributed by atoms with Gasteiger partial charge in [0.2, 0.25) is 5.88 Å². The molecule has 0 bridgehead atoms. The van der Waals surface area contributed by atoms with E-state index in [1.165, 1.54) is 16.9 Å². The molecule has 1 fully saturated rings. The Kier molecular flexibility index (Phi) is 8.52. The first-order valence-corrected chi connectivity index (χ1v) is 16.0. The van der Waals surface area contributed by atoms with E-state index >= 15 is 0 Å². The van der Waals surface area contributed by atoms with Crippen molar-refractivity contribution in [3.05, 3.63) is 113 Å². The number of furan rings is 1. The summed E-state index contributed by atoms with van der Waals surface area (Å²) in [5, 5.41) is 0. The van der Waals surface area contributed by atoms with Crippen LogP contribution in [0.2, 0.25) is 0 Å². The van der Waals surface area contributed by atoms with Gasteiger partial charge in [-0.25, -0.2) is 9.79 Å². The van der Waals surface area contributed by atoms with Gasteiger partial charge in [-0.15, -0.1) is 0 Å². The van der Waals surface area contributed by atoms with Crippen LogP contribution in [0.1, 0.15) is 55.2 Å². The number of thiazole rings is 1. The standard InChI is InChI=1S/C33H32BrN3O5S/c1-4-41-32(39)27-28(22-8-6-5-7-9-22)35-33-37(29(27)23-12-10-21(11-13-23)20(2)3)30(38)26(43-33)19-24-18-25(34)31(42-24)36-14-16-40-17-15-36/h5-13,18-20,29H,4,14-17H2,1-3H3/b26-19+/t29-/m1/s1. The number of nitrogens with zero attached hydrogens (tertiary/aromatic N) is 3. The van der Waals surface area contributed by atoms with Crippen LogP contribution in [0, 0.1) is 0 Å². The van der Waals surface area contributed by atoms with Gasteiger partial charge in [0.15, 0.2) is 4.80 Å². The fraction of sp³-hybridized carbons (Fsp3) is 0.303. The highest BCUT2D eigenvalue weighted by Gasteiger charge is 2.35. The molecule has 2 aliphatic rings. The van der Waals surface area contributed by atoms with Crippen molar-refractivity contribution in [2.75, 3.05) is 37.8 Å². The lowest BCUT2D eigenvalue weighted by molar-refractivity contribution is -0.138. The molecule has 0 spiro atoms. The van der Waals surface area contributed by atoms with Crippen molar-refractivity contribution in [1.82, 2.24) is 4.57 Å². The van der Waals surface area contributed by atoms with E-state index in [1.807, 2.05) is 60.7 Å². The normalized spacial score (nSPS) is 17.3. The quantitative estimate of drug-likeness (QED) is 0.252. The number of anilines is 1. The molecule has 0 saturated carbocycles. The lowest BCUT2D eigenvalue weighted by Crippen LogP contribution is -2.40. The lowest BCUT2D eigenvalue weighted by atomic mass is 9.91. The van der Waals surface area contributed by atoms with E-state index in [0.29, 0.717) is 51.4 Å². The third kappa shape index (κ3) is 5.79. The van der Waals surface area contributed by atoms with Gasteiger partial charge in [-0.1, -0.05) is 79.8 Å². The Morgan fingerprint density at radius 2 is 1.86 bits per heavy atom. The SMILES string of the molecule is CCOC(=O)C1=C(c2ccccc2)N=c2s/c(=C/c3cc(Br)c(N4CCOCC4)o3)c(=O)n2[C@@H]1c1ccc(C(C)C)cc1. The fourth-order valence-corrected chi connectivity index (χ4v) is 6.92. The highest BCUT2D eigenvalue weighted by Crippen LogP contribution is 2.36. The number of rotatable bonds is 7. The smallest absolute Gasteiger partial charge is 0.338 e. The van der Waals surface area contributed by atoms with Gasteiger partial charge in [0.25, 0.3) is 5.56 Å². The molecule has 0 radical (unpaired) electrons. The number of esters is 1. The summed E-state index contributed by atoms with van der Waals surface area (Å²) in [7, 11) is 0. The van der Waals surface area contributed by atoms with Crippen LogP contribution in [0.4, 0.5) is 5.88 Å². The van der Waals surface area contributed by atoms with E-state index in [1.54, 1.807) is 17.6 Å². The van der Waals surface area contributed by atoms with Crippen LogP contribution < -0.4 is 19.8 Å². The first kappa shape index (κ1) is 29.3. The fourth-order valence-electron chi connectivity index (χ4n) is 5.38. The minimum Gasteiger partial charge on any atom is -0.463 e. The van der Waals surface area contributed by atoms with Gasteiger partial charge in [-0.2, -0.15) is 0 Å². The highest BCUT2D eigenvalue weighted by molar-refractivity contribution is 9.10. The van der Waals surface area contributed by atoms with Crippen LogP contribution in [0.25, 0.3) is 11.8 Å². The molecule has 0 N–H and O–H groups in total. The summed E-state index contributed by atoms with van der Waals surface area (Å²) in [6.45, 7) is 8.95. The number of carbonyl (C=O) groups excluding carboxylic acids is 1. The van der Waals surface area contributed by atoms with Crippen molar-refractivity contribution in [3.63, 3.8) is 0 Å². The van der Waals surface area contributed by atoms with E-state index in [9.17, 15) is 9.59 Å². The zero-order chi connectivity index (χ0) is 30.1. The number of ether oxygens (including phenoxy) is 2. The second-order valence-corrected chi connectivity index (χ2v) is 12.5. The summed E-state index contributed by atoms with van der Waals surface area (Å²) in [6, 6.07) is 18.8. The molecule has 0 aliphatic carbocycles. The first-order valence-electron chi connectivity index (χ1n) is 14.4. The van der Waals surface area contributed by atoms with Crippen molar-refractivity contribution in [2.24, 2.45) is 4.99 Å². The monoisotopic (exact) mass is 661 g/mol. The Labute approximate surface area is 261 Å². The number of carbonyl (C=O) groups is 1. The van der Waals surface area contributed by atoms with Gasteiger partial charge in [0.05, 0.1) is 46.1 Å². The number of halogens is 1. The zero-order valence-corrected chi connectivity index (χ0v) is 26.6. The first-order chi connectivity index (χ1) is 20.9. The number of morpholine rings is 1. The van der Waals surface area contributed by atoms with Crippen LogP contribution in [0.3, 0.4) is 0 Å². The van der Waals surface area contributed by atoms with Crippen molar-refractivity contribution < 1.29 is 18.7 Å². The second-order valence-electron chi connectivity index (χ2n) is 10.7. The van der Waals surface area contributed by atoms with Gasteiger partial charge in [-0.3, -0.25) is 9.36 Å². The minimum atomic E-state index is -0.721. The Balaban J connectivity index is 1.55. The molecule has 8 nitrogen and oxygen atoms in total. The predicted molar refractivity (Wildman–Crippen MR) is 171 cm³/mol. The molecule has 4 aromatic rings. The van der Waals surface area contributed by atoms with E-state index in [2.05, 4.69) is 34.7 Å². The summed E-state index contributed by atoms with van der Waals surface area (Å²) in [5.74, 6) is 1.10. The van der Waals surface area contributed by atoms with E-state index in [4.69, 9.17) is 18.9 Å². The molecule has 43 heavy (non-hydrogen) atoms. The molecule has 2 aliphatic heterocycles. The van der Waals surface area contributed by atoms with Crippen molar-refractivity contribution >= 4 is 50.9 Å². The molecule has 1 atom stereocenters. The maximum atomic E-state index is 14.2.